The maximum absolute atomic E-state index is 12.8. The fourth-order valence-corrected chi connectivity index (χ4v) is 4.06. The number of anilines is 1. The van der Waals surface area contributed by atoms with Crippen LogP contribution in [0.2, 0.25) is 0 Å². The molecule has 0 saturated heterocycles. The normalized spacial score (nSPS) is 20.5. The van der Waals surface area contributed by atoms with Gasteiger partial charge in [0.15, 0.2) is 0 Å². The van der Waals surface area contributed by atoms with Crippen LogP contribution in [0.5, 0.6) is 0 Å². The first kappa shape index (κ1) is 16.8. The molecule has 2 rings (SSSR count). The number of aryl methyl sites for hydroxylation is 1. The molecule has 1 aromatic carbocycles. The number of carbonyl (C=O) groups excluding carboxylic acids is 2. The first-order valence-corrected chi connectivity index (χ1v) is 8.34. The van der Waals surface area contributed by atoms with Crippen molar-refractivity contribution in [1.29, 1.82) is 0 Å². The van der Waals surface area contributed by atoms with Gasteiger partial charge in [0, 0.05) is 4.90 Å². The molecule has 1 amide bonds. The number of thioether (sulfide) groups is 1. The SMILES string of the molecule is CCOC(=O)[C@]1(N(CC)CC)Sc2cc(C)ccc2NC1=O. The molecule has 0 fully saturated rings. The Hall–Kier alpha value is -1.53. The summed E-state index contributed by atoms with van der Waals surface area (Å²) >= 11 is 1.27. The predicted molar refractivity (Wildman–Crippen MR) is 88.0 cm³/mol. The highest BCUT2D eigenvalue weighted by atomic mass is 32.2. The summed E-state index contributed by atoms with van der Waals surface area (Å²) < 4.78 is 5.22. The molecule has 120 valence electrons. The van der Waals surface area contributed by atoms with Crippen molar-refractivity contribution in [2.75, 3.05) is 25.0 Å². The molecule has 1 aliphatic heterocycles. The Morgan fingerprint density at radius 3 is 2.59 bits per heavy atom. The van der Waals surface area contributed by atoms with Crippen LogP contribution in [0.15, 0.2) is 23.1 Å². The summed E-state index contributed by atoms with van der Waals surface area (Å²) in [5.74, 6) is -0.843. The maximum atomic E-state index is 12.8. The lowest BCUT2D eigenvalue weighted by molar-refractivity contribution is -0.155. The summed E-state index contributed by atoms with van der Waals surface area (Å²) in [6.07, 6.45) is 0. The number of nitrogens with zero attached hydrogens (tertiary/aromatic N) is 1. The number of esters is 1. The second-order valence-electron chi connectivity index (χ2n) is 5.09. The topological polar surface area (TPSA) is 58.6 Å². The number of likely N-dealkylation sites (N-methyl/N-ethyl adjacent to an activating group) is 1. The quantitative estimate of drug-likeness (QED) is 0.667. The van der Waals surface area contributed by atoms with Crippen LogP contribution in [0, 0.1) is 6.92 Å². The zero-order chi connectivity index (χ0) is 16.3. The highest BCUT2D eigenvalue weighted by Gasteiger charge is 2.55. The van der Waals surface area contributed by atoms with E-state index < -0.39 is 10.8 Å². The van der Waals surface area contributed by atoms with Gasteiger partial charge in [0.2, 0.25) is 4.87 Å². The minimum atomic E-state index is -1.36. The van der Waals surface area contributed by atoms with E-state index in [2.05, 4.69) is 5.32 Å². The Bertz CT molecular complexity index is 587. The lowest BCUT2D eigenvalue weighted by atomic mass is 10.1. The Kier molecular flexibility index (Phi) is 5.13. The average molecular weight is 322 g/mol. The third-order valence-corrected chi connectivity index (χ3v) is 5.17. The molecule has 0 bridgehead atoms. The Labute approximate surface area is 135 Å². The first-order valence-electron chi connectivity index (χ1n) is 7.52. The van der Waals surface area contributed by atoms with Crippen LogP contribution in [0.4, 0.5) is 5.69 Å². The van der Waals surface area contributed by atoms with Gasteiger partial charge in [-0.05, 0) is 44.6 Å². The molecule has 1 aromatic rings. The van der Waals surface area contributed by atoms with E-state index >= 15 is 0 Å². The fourth-order valence-electron chi connectivity index (χ4n) is 2.60. The van der Waals surface area contributed by atoms with Crippen molar-refractivity contribution < 1.29 is 14.3 Å². The lowest BCUT2D eigenvalue weighted by Gasteiger charge is -2.41. The van der Waals surface area contributed by atoms with Crippen molar-refractivity contribution in [2.45, 2.75) is 37.5 Å². The first-order chi connectivity index (χ1) is 10.5. The molecule has 1 N–H and O–H groups in total. The van der Waals surface area contributed by atoms with E-state index in [0.717, 1.165) is 16.1 Å². The number of fused-ring (bicyclic) bond motifs is 1. The fraction of sp³-hybridized carbons (Fsp3) is 0.500. The van der Waals surface area contributed by atoms with Gasteiger partial charge in [0.05, 0.1) is 12.3 Å². The average Bonchev–Trinajstić information content (AvgIpc) is 2.49. The molecular weight excluding hydrogens is 300 g/mol. The van der Waals surface area contributed by atoms with E-state index in [9.17, 15) is 9.59 Å². The van der Waals surface area contributed by atoms with Gasteiger partial charge < -0.3 is 10.1 Å². The zero-order valence-corrected chi connectivity index (χ0v) is 14.3. The highest BCUT2D eigenvalue weighted by Crippen LogP contribution is 2.45. The van der Waals surface area contributed by atoms with E-state index in [4.69, 9.17) is 4.74 Å². The number of rotatable bonds is 5. The van der Waals surface area contributed by atoms with E-state index in [1.165, 1.54) is 11.8 Å². The van der Waals surface area contributed by atoms with Crippen molar-refractivity contribution >= 4 is 29.3 Å². The Morgan fingerprint density at radius 1 is 1.32 bits per heavy atom. The number of hydrogen-bond donors (Lipinski definition) is 1. The minimum absolute atomic E-state index is 0.246. The number of hydrogen-bond acceptors (Lipinski definition) is 5. The zero-order valence-electron chi connectivity index (χ0n) is 13.4. The molecule has 6 heteroatoms. The van der Waals surface area contributed by atoms with E-state index in [1.807, 2.05) is 43.9 Å². The number of carbonyl (C=O) groups is 2. The summed E-state index contributed by atoms with van der Waals surface area (Å²) in [6.45, 7) is 9.01. The molecular formula is C16H22N2O3S. The van der Waals surface area contributed by atoms with Gasteiger partial charge in [-0.2, -0.15) is 0 Å². The lowest BCUT2D eigenvalue weighted by Crippen LogP contribution is -2.61. The Morgan fingerprint density at radius 2 is 2.00 bits per heavy atom. The second-order valence-corrected chi connectivity index (χ2v) is 6.33. The molecule has 0 aromatic heterocycles. The highest BCUT2D eigenvalue weighted by molar-refractivity contribution is 8.02. The number of ether oxygens (including phenoxy) is 1. The minimum Gasteiger partial charge on any atom is -0.464 e. The molecule has 0 spiro atoms. The second kappa shape index (κ2) is 6.71. The molecule has 0 unspecified atom stereocenters. The van der Waals surface area contributed by atoms with Gasteiger partial charge in [0.25, 0.3) is 5.91 Å². The summed E-state index contributed by atoms with van der Waals surface area (Å²) in [5.41, 5.74) is 1.83. The smallest absolute Gasteiger partial charge is 0.347 e. The van der Waals surface area contributed by atoms with Crippen LogP contribution < -0.4 is 5.32 Å². The monoisotopic (exact) mass is 322 g/mol. The van der Waals surface area contributed by atoms with Gasteiger partial charge in [-0.3, -0.25) is 9.69 Å². The number of nitrogens with one attached hydrogen (secondary N) is 1. The van der Waals surface area contributed by atoms with E-state index in [0.29, 0.717) is 13.1 Å². The van der Waals surface area contributed by atoms with E-state index in [1.54, 1.807) is 6.92 Å². The number of benzene rings is 1. The van der Waals surface area contributed by atoms with Crippen LogP contribution in [0.1, 0.15) is 26.3 Å². The standard InChI is InChI=1S/C16H22N2O3S/c1-5-18(6-2)16(15(20)21-7-3)14(19)17-12-9-8-11(4)10-13(12)22-16/h8-10H,5-7H2,1-4H3,(H,17,19)/t16-/m1/s1. The van der Waals surface area contributed by atoms with Crippen molar-refractivity contribution in [3.8, 4) is 0 Å². The van der Waals surface area contributed by atoms with Crippen molar-refractivity contribution in [2.24, 2.45) is 0 Å². The van der Waals surface area contributed by atoms with Crippen molar-refractivity contribution in [3.63, 3.8) is 0 Å². The van der Waals surface area contributed by atoms with Crippen LogP contribution in [-0.2, 0) is 14.3 Å². The van der Waals surface area contributed by atoms with Gasteiger partial charge >= 0.3 is 5.97 Å². The van der Waals surface area contributed by atoms with Gasteiger partial charge in [-0.25, -0.2) is 4.79 Å². The summed E-state index contributed by atoms with van der Waals surface area (Å²) in [4.78, 5) is 26.8. The van der Waals surface area contributed by atoms with Crippen LogP contribution in [-0.4, -0.2) is 41.3 Å². The molecule has 0 aliphatic carbocycles. The van der Waals surface area contributed by atoms with Crippen LogP contribution >= 0.6 is 11.8 Å². The third-order valence-electron chi connectivity index (χ3n) is 3.71. The van der Waals surface area contributed by atoms with Gasteiger partial charge in [0.1, 0.15) is 0 Å². The molecule has 1 heterocycles. The molecule has 22 heavy (non-hydrogen) atoms. The molecule has 5 nitrogen and oxygen atoms in total. The van der Waals surface area contributed by atoms with Crippen LogP contribution in [0.3, 0.4) is 0 Å². The van der Waals surface area contributed by atoms with E-state index in [-0.39, 0.29) is 12.5 Å². The maximum Gasteiger partial charge on any atom is 0.347 e. The predicted octanol–water partition coefficient (Wildman–Crippen LogP) is 2.64. The summed E-state index contributed by atoms with van der Waals surface area (Å²) in [5, 5.41) is 2.86. The summed E-state index contributed by atoms with van der Waals surface area (Å²) in [6, 6.07) is 5.79. The molecule has 0 saturated carbocycles. The largest absolute Gasteiger partial charge is 0.464 e. The number of amides is 1. The molecule has 1 aliphatic rings. The van der Waals surface area contributed by atoms with Gasteiger partial charge in [-0.15, -0.1) is 0 Å². The van der Waals surface area contributed by atoms with Crippen LogP contribution in [0.25, 0.3) is 0 Å². The Balaban J connectivity index is 2.53. The summed E-state index contributed by atoms with van der Waals surface area (Å²) in [7, 11) is 0. The molecule has 1 atom stereocenters. The van der Waals surface area contributed by atoms with Crippen molar-refractivity contribution in [3.05, 3.63) is 23.8 Å². The van der Waals surface area contributed by atoms with Crippen molar-refractivity contribution in [1.82, 2.24) is 4.90 Å². The molecule has 0 radical (unpaired) electrons. The van der Waals surface area contributed by atoms with Gasteiger partial charge in [-0.1, -0.05) is 31.7 Å². The third kappa shape index (κ3) is 2.73.